The Labute approximate surface area is 140 Å². The number of hydrogen-bond donors (Lipinski definition) is 3. The summed E-state index contributed by atoms with van der Waals surface area (Å²) in [6.45, 7) is 0.660. The normalized spacial score (nSPS) is 10.0. The molecule has 0 atom stereocenters. The molecule has 0 radical (unpaired) electrons. The maximum absolute atomic E-state index is 12.0. The molecule has 0 aliphatic rings. The minimum absolute atomic E-state index is 0.215. The summed E-state index contributed by atoms with van der Waals surface area (Å²) in [5, 5.41) is 5.49. The highest BCUT2D eigenvalue weighted by Crippen LogP contribution is 2.13. The molecule has 2 aromatic carbocycles. The van der Waals surface area contributed by atoms with Gasteiger partial charge in [-0.15, -0.1) is 12.6 Å². The lowest BCUT2D eigenvalue weighted by atomic mass is 10.2. The van der Waals surface area contributed by atoms with Crippen molar-refractivity contribution >= 4 is 24.4 Å². The van der Waals surface area contributed by atoms with Gasteiger partial charge in [-0.25, -0.2) is 0 Å². The quantitative estimate of drug-likeness (QED) is 0.561. The number of rotatable bonds is 6. The van der Waals surface area contributed by atoms with E-state index in [4.69, 9.17) is 4.74 Å². The number of thiol groups is 1. The number of ether oxygens (including phenoxy) is 1. The van der Waals surface area contributed by atoms with Gasteiger partial charge in [0, 0.05) is 23.5 Å². The van der Waals surface area contributed by atoms with Gasteiger partial charge < -0.3 is 15.4 Å². The molecular formula is C17H18N2O3S. The zero-order valence-electron chi connectivity index (χ0n) is 12.7. The number of hydrogen-bond acceptors (Lipinski definition) is 4. The van der Waals surface area contributed by atoms with E-state index in [1.165, 1.54) is 0 Å². The molecule has 0 unspecified atom stereocenters. The molecule has 0 aliphatic heterocycles. The van der Waals surface area contributed by atoms with Gasteiger partial charge in [-0.1, -0.05) is 18.2 Å². The van der Waals surface area contributed by atoms with Crippen LogP contribution in [-0.4, -0.2) is 32.0 Å². The van der Waals surface area contributed by atoms with E-state index in [1.807, 2.05) is 6.07 Å². The van der Waals surface area contributed by atoms with Gasteiger partial charge in [0.05, 0.1) is 12.7 Å². The second kappa shape index (κ2) is 8.24. The molecule has 2 aromatic rings. The molecule has 120 valence electrons. The smallest absolute Gasteiger partial charge is 0.252 e. The number of carbonyl (C=O) groups excluding carboxylic acids is 2. The first-order valence-electron chi connectivity index (χ1n) is 7.10. The van der Waals surface area contributed by atoms with Crippen LogP contribution in [0, 0.1) is 0 Å². The molecule has 2 amide bonds. The molecule has 0 bridgehead atoms. The standard InChI is InChI=1S/C17H18N2O3S/c1-22-13-6-4-5-12(11-13)16(20)18-9-10-19-17(21)14-7-2-3-8-15(14)23/h2-8,11,23H,9-10H2,1H3,(H,18,20)(H,19,21). The van der Waals surface area contributed by atoms with E-state index < -0.39 is 0 Å². The summed E-state index contributed by atoms with van der Waals surface area (Å²) < 4.78 is 5.08. The maximum atomic E-state index is 12.0. The molecule has 0 saturated carbocycles. The fraction of sp³-hybridized carbons (Fsp3) is 0.176. The number of benzene rings is 2. The molecule has 5 nitrogen and oxygen atoms in total. The molecule has 2 rings (SSSR count). The number of methoxy groups -OCH3 is 1. The number of carbonyl (C=O) groups is 2. The Morgan fingerprint density at radius 1 is 1.00 bits per heavy atom. The Kier molecular flexibility index (Phi) is 6.05. The molecule has 0 saturated heterocycles. The number of nitrogens with one attached hydrogen (secondary N) is 2. The van der Waals surface area contributed by atoms with Crippen LogP contribution in [0.4, 0.5) is 0 Å². The summed E-state index contributed by atoms with van der Waals surface area (Å²) >= 11 is 4.24. The molecule has 6 heteroatoms. The SMILES string of the molecule is COc1cccc(C(=O)NCCNC(=O)c2ccccc2S)c1. The summed E-state index contributed by atoms with van der Waals surface area (Å²) in [4.78, 5) is 24.6. The number of amides is 2. The van der Waals surface area contributed by atoms with Crippen molar-refractivity contribution in [3.63, 3.8) is 0 Å². The molecule has 0 heterocycles. The lowest BCUT2D eigenvalue weighted by Crippen LogP contribution is -2.34. The van der Waals surface area contributed by atoms with Gasteiger partial charge in [0.15, 0.2) is 0 Å². The summed E-state index contributed by atoms with van der Waals surface area (Å²) in [7, 11) is 1.55. The highest BCUT2D eigenvalue weighted by atomic mass is 32.1. The van der Waals surface area contributed by atoms with Crippen molar-refractivity contribution in [1.82, 2.24) is 10.6 Å². The Bertz CT molecular complexity index is 704. The Morgan fingerprint density at radius 3 is 2.39 bits per heavy atom. The predicted molar refractivity (Wildman–Crippen MR) is 91.4 cm³/mol. The van der Waals surface area contributed by atoms with Gasteiger partial charge in [-0.2, -0.15) is 0 Å². The van der Waals surface area contributed by atoms with Crippen LogP contribution in [0.5, 0.6) is 5.75 Å². The van der Waals surface area contributed by atoms with Crippen LogP contribution in [0.15, 0.2) is 53.4 Å². The van der Waals surface area contributed by atoms with Gasteiger partial charge in [-0.05, 0) is 30.3 Å². The van der Waals surface area contributed by atoms with Crippen molar-refractivity contribution in [3.05, 3.63) is 59.7 Å². The van der Waals surface area contributed by atoms with Gasteiger partial charge in [0.1, 0.15) is 5.75 Å². The van der Waals surface area contributed by atoms with E-state index in [0.717, 1.165) is 0 Å². The van der Waals surface area contributed by atoms with Gasteiger partial charge >= 0.3 is 0 Å². The minimum Gasteiger partial charge on any atom is -0.497 e. The molecular weight excluding hydrogens is 312 g/mol. The van der Waals surface area contributed by atoms with Crippen LogP contribution in [-0.2, 0) is 0 Å². The average molecular weight is 330 g/mol. The van der Waals surface area contributed by atoms with Crippen molar-refractivity contribution in [2.24, 2.45) is 0 Å². The van der Waals surface area contributed by atoms with E-state index in [9.17, 15) is 9.59 Å². The third-order valence-corrected chi connectivity index (χ3v) is 3.57. The zero-order chi connectivity index (χ0) is 16.7. The van der Waals surface area contributed by atoms with Crippen LogP contribution in [0.2, 0.25) is 0 Å². The molecule has 23 heavy (non-hydrogen) atoms. The van der Waals surface area contributed by atoms with Crippen LogP contribution < -0.4 is 15.4 Å². The largest absolute Gasteiger partial charge is 0.497 e. The topological polar surface area (TPSA) is 67.4 Å². The highest BCUT2D eigenvalue weighted by molar-refractivity contribution is 7.80. The Morgan fingerprint density at radius 2 is 1.70 bits per heavy atom. The fourth-order valence-electron chi connectivity index (χ4n) is 1.98. The molecule has 2 N–H and O–H groups in total. The van der Waals surface area contributed by atoms with Crippen molar-refractivity contribution in [2.45, 2.75) is 4.90 Å². The first-order valence-corrected chi connectivity index (χ1v) is 7.55. The first kappa shape index (κ1) is 16.9. The van der Waals surface area contributed by atoms with Crippen molar-refractivity contribution in [1.29, 1.82) is 0 Å². The summed E-state index contributed by atoms with van der Waals surface area (Å²) in [6.07, 6.45) is 0. The summed E-state index contributed by atoms with van der Waals surface area (Å²) in [5.74, 6) is 0.190. The first-order chi connectivity index (χ1) is 11.1. The van der Waals surface area contributed by atoms with Crippen molar-refractivity contribution < 1.29 is 14.3 Å². The predicted octanol–water partition coefficient (Wildman–Crippen LogP) is 2.14. The van der Waals surface area contributed by atoms with Crippen LogP contribution in [0.25, 0.3) is 0 Å². The van der Waals surface area contributed by atoms with Crippen LogP contribution >= 0.6 is 12.6 Å². The van der Waals surface area contributed by atoms with Gasteiger partial charge in [-0.3, -0.25) is 9.59 Å². The van der Waals surface area contributed by atoms with E-state index >= 15 is 0 Å². The zero-order valence-corrected chi connectivity index (χ0v) is 13.6. The fourth-order valence-corrected chi connectivity index (χ4v) is 2.24. The van der Waals surface area contributed by atoms with E-state index in [2.05, 4.69) is 23.3 Å². The third kappa shape index (κ3) is 4.75. The van der Waals surface area contributed by atoms with E-state index in [1.54, 1.807) is 49.6 Å². The summed E-state index contributed by atoms with van der Waals surface area (Å²) in [5.41, 5.74) is 1.02. The van der Waals surface area contributed by atoms with Crippen molar-refractivity contribution in [3.8, 4) is 5.75 Å². The van der Waals surface area contributed by atoms with Gasteiger partial charge in [0.2, 0.25) is 0 Å². The van der Waals surface area contributed by atoms with Crippen LogP contribution in [0.1, 0.15) is 20.7 Å². The highest BCUT2D eigenvalue weighted by Gasteiger charge is 2.09. The average Bonchev–Trinajstić information content (AvgIpc) is 2.58. The molecule has 0 spiro atoms. The second-order valence-electron chi connectivity index (χ2n) is 4.76. The van der Waals surface area contributed by atoms with Crippen LogP contribution in [0.3, 0.4) is 0 Å². The van der Waals surface area contributed by atoms with E-state index in [-0.39, 0.29) is 11.8 Å². The Hall–Kier alpha value is -2.47. The Balaban J connectivity index is 1.80. The monoisotopic (exact) mass is 330 g/mol. The molecule has 0 fully saturated rings. The third-order valence-electron chi connectivity index (χ3n) is 3.18. The molecule has 0 aromatic heterocycles. The van der Waals surface area contributed by atoms with Crippen molar-refractivity contribution in [2.75, 3.05) is 20.2 Å². The lowest BCUT2D eigenvalue weighted by molar-refractivity contribution is 0.0926. The lowest BCUT2D eigenvalue weighted by Gasteiger charge is -2.09. The molecule has 0 aliphatic carbocycles. The minimum atomic E-state index is -0.216. The van der Waals surface area contributed by atoms with Gasteiger partial charge in [0.25, 0.3) is 11.8 Å². The second-order valence-corrected chi connectivity index (χ2v) is 5.24. The maximum Gasteiger partial charge on any atom is 0.252 e. The van der Waals surface area contributed by atoms with E-state index in [0.29, 0.717) is 34.9 Å². The summed E-state index contributed by atoms with van der Waals surface area (Å²) in [6, 6.07) is 13.9.